The Morgan fingerprint density at radius 2 is 1.45 bits per heavy atom. The summed E-state index contributed by atoms with van der Waals surface area (Å²) >= 11 is 0. The zero-order chi connectivity index (χ0) is 26.3. The van der Waals surface area contributed by atoms with Crippen molar-refractivity contribution in [2.75, 3.05) is 72.9 Å². The van der Waals surface area contributed by atoms with Crippen molar-refractivity contribution in [1.82, 2.24) is 29.8 Å². The summed E-state index contributed by atoms with van der Waals surface area (Å²) in [5, 5.41) is 5.48. The van der Waals surface area contributed by atoms with E-state index in [2.05, 4.69) is 30.4 Å². The van der Waals surface area contributed by atoms with Crippen LogP contribution in [-0.4, -0.2) is 94.2 Å². The zero-order valence-corrected chi connectivity index (χ0v) is 21.2. The molecule has 2 saturated heterocycles. The van der Waals surface area contributed by atoms with E-state index in [0.717, 1.165) is 25.1 Å². The van der Waals surface area contributed by atoms with Gasteiger partial charge in [-0.1, -0.05) is 0 Å². The molecule has 0 atom stereocenters. The molecule has 1 aromatic carbocycles. The van der Waals surface area contributed by atoms with Gasteiger partial charge in [0.05, 0.1) is 31.3 Å². The van der Waals surface area contributed by atoms with E-state index in [0.29, 0.717) is 68.5 Å². The van der Waals surface area contributed by atoms with Gasteiger partial charge in [0.2, 0.25) is 17.8 Å². The molecular formula is C25H30N10O3. The predicted molar refractivity (Wildman–Crippen MR) is 142 cm³/mol. The van der Waals surface area contributed by atoms with Crippen LogP contribution in [0.25, 0.3) is 11.4 Å². The van der Waals surface area contributed by atoms with Gasteiger partial charge in [-0.15, -0.1) is 0 Å². The Hall–Kier alpha value is -4.39. The average Bonchev–Trinajstić information content (AvgIpc) is 3.21. The second-order valence-corrected chi connectivity index (χ2v) is 8.99. The Morgan fingerprint density at radius 1 is 0.789 bits per heavy atom. The molecule has 2 fully saturated rings. The van der Waals surface area contributed by atoms with Crippen molar-refractivity contribution < 1.29 is 14.3 Å². The summed E-state index contributed by atoms with van der Waals surface area (Å²) in [6, 6.07) is 6.92. The normalized spacial score (nSPS) is 16.1. The number of carbonyl (C=O) groups is 2. The molecule has 2 aliphatic heterocycles. The van der Waals surface area contributed by atoms with Gasteiger partial charge in [-0.3, -0.25) is 4.79 Å². The second-order valence-electron chi connectivity index (χ2n) is 8.99. The highest BCUT2D eigenvalue weighted by Crippen LogP contribution is 2.24. The molecule has 0 aliphatic carbocycles. The van der Waals surface area contributed by atoms with Crippen LogP contribution < -0.4 is 20.4 Å². The summed E-state index contributed by atoms with van der Waals surface area (Å²) in [6.45, 7) is 6.98. The third kappa shape index (κ3) is 6.29. The highest BCUT2D eigenvalue weighted by molar-refractivity contribution is 5.99. The number of nitrogens with one attached hydrogen (secondary N) is 2. The van der Waals surface area contributed by atoms with Crippen LogP contribution in [0.5, 0.6) is 0 Å². The van der Waals surface area contributed by atoms with Crippen molar-refractivity contribution in [2.45, 2.75) is 13.3 Å². The number of anilines is 4. The largest absolute Gasteiger partial charge is 0.378 e. The zero-order valence-electron chi connectivity index (χ0n) is 21.2. The van der Waals surface area contributed by atoms with Crippen molar-refractivity contribution in [3.8, 4) is 11.4 Å². The summed E-state index contributed by atoms with van der Waals surface area (Å²) < 4.78 is 5.51. The monoisotopic (exact) mass is 518 g/mol. The lowest BCUT2D eigenvalue weighted by atomic mass is 10.2. The fourth-order valence-electron chi connectivity index (χ4n) is 4.32. The maximum atomic E-state index is 12.3. The van der Waals surface area contributed by atoms with Crippen molar-refractivity contribution >= 4 is 35.2 Å². The third-order valence-electron chi connectivity index (χ3n) is 6.35. The molecule has 2 aromatic heterocycles. The molecule has 0 unspecified atom stereocenters. The molecule has 13 nitrogen and oxygen atoms in total. The molecule has 0 bridgehead atoms. The molecule has 3 amide bonds. The van der Waals surface area contributed by atoms with E-state index in [1.54, 1.807) is 19.1 Å². The predicted octanol–water partition coefficient (Wildman–Crippen LogP) is 1.87. The number of benzene rings is 1. The van der Waals surface area contributed by atoms with Gasteiger partial charge in [-0.25, -0.2) is 14.8 Å². The van der Waals surface area contributed by atoms with Crippen LogP contribution in [0.2, 0.25) is 0 Å². The van der Waals surface area contributed by atoms with Gasteiger partial charge in [0.1, 0.15) is 6.33 Å². The number of carbonyl (C=O) groups excluding carboxylic acids is 2. The van der Waals surface area contributed by atoms with E-state index in [-0.39, 0.29) is 5.91 Å². The van der Waals surface area contributed by atoms with Crippen LogP contribution in [0.3, 0.4) is 0 Å². The molecule has 4 heterocycles. The molecule has 0 saturated carbocycles. The van der Waals surface area contributed by atoms with Gasteiger partial charge >= 0.3 is 6.03 Å². The average molecular weight is 519 g/mol. The molecule has 0 radical (unpaired) electrons. The number of rotatable bonds is 5. The molecule has 13 heteroatoms. The van der Waals surface area contributed by atoms with Gasteiger partial charge < -0.3 is 30.1 Å². The number of morpholine rings is 1. The van der Waals surface area contributed by atoms with Crippen molar-refractivity contribution in [2.24, 2.45) is 0 Å². The van der Waals surface area contributed by atoms with Gasteiger partial charge in [0, 0.05) is 57.4 Å². The van der Waals surface area contributed by atoms with Gasteiger partial charge in [0.15, 0.2) is 5.82 Å². The third-order valence-corrected chi connectivity index (χ3v) is 6.35. The number of nitrogens with zero attached hydrogens (tertiary/aromatic N) is 8. The van der Waals surface area contributed by atoms with Crippen molar-refractivity contribution in [3.05, 3.63) is 43.0 Å². The quantitative estimate of drug-likeness (QED) is 0.514. The summed E-state index contributed by atoms with van der Waals surface area (Å²) in [5.41, 5.74) is 1.91. The topological polar surface area (TPSA) is 142 Å². The first-order valence-electron chi connectivity index (χ1n) is 12.6. The van der Waals surface area contributed by atoms with Gasteiger partial charge in [0.25, 0.3) is 0 Å². The van der Waals surface area contributed by atoms with Gasteiger partial charge in [-0.05, 0) is 30.7 Å². The lowest BCUT2D eigenvalue weighted by Gasteiger charge is -2.28. The molecule has 3 aromatic rings. The van der Waals surface area contributed by atoms with Gasteiger partial charge in [-0.2, -0.15) is 15.0 Å². The summed E-state index contributed by atoms with van der Waals surface area (Å²) in [6.07, 6.45) is 5.27. The lowest BCUT2D eigenvalue weighted by molar-refractivity contribution is -0.128. The van der Waals surface area contributed by atoms with E-state index in [1.165, 1.54) is 18.7 Å². The molecule has 0 spiro atoms. The van der Waals surface area contributed by atoms with E-state index < -0.39 is 6.03 Å². The Bertz CT molecular complexity index is 1250. The molecule has 2 N–H and O–H groups in total. The standard InChI is InChI=1S/C25H30N10O3/c1-18(36)33-7-2-8-34(10-9-33)23-30-22(31-24(32-23)35-11-13-38-14-12-35)19-3-5-20(6-4-19)28-25(37)29-21-15-26-17-27-16-21/h3-6,15-17H,2,7-14H2,1H3,(H2,28,29,37). The number of aromatic nitrogens is 5. The van der Waals surface area contributed by atoms with E-state index >= 15 is 0 Å². The van der Waals surface area contributed by atoms with Crippen molar-refractivity contribution in [3.63, 3.8) is 0 Å². The molecule has 198 valence electrons. The van der Waals surface area contributed by atoms with Crippen molar-refractivity contribution in [1.29, 1.82) is 0 Å². The first kappa shape index (κ1) is 25.3. The maximum Gasteiger partial charge on any atom is 0.323 e. The SMILES string of the molecule is CC(=O)N1CCCN(c2nc(-c3ccc(NC(=O)Nc4cncnc4)cc3)nc(N3CCOCC3)n2)CC1. The Kier molecular flexibility index (Phi) is 7.83. The minimum Gasteiger partial charge on any atom is -0.378 e. The minimum atomic E-state index is -0.398. The van der Waals surface area contributed by atoms with E-state index in [4.69, 9.17) is 19.7 Å². The number of hydrogen-bond acceptors (Lipinski definition) is 10. The Labute approximate surface area is 220 Å². The lowest BCUT2D eigenvalue weighted by Crippen LogP contribution is -2.38. The first-order chi connectivity index (χ1) is 18.5. The number of amides is 3. The van der Waals surface area contributed by atoms with Crippen LogP contribution in [0.1, 0.15) is 13.3 Å². The summed E-state index contributed by atoms with van der Waals surface area (Å²) in [7, 11) is 0. The number of ether oxygens (including phenoxy) is 1. The van der Waals surface area contributed by atoms with Crippen LogP contribution in [0.15, 0.2) is 43.0 Å². The highest BCUT2D eigenvalue weighted by Gasteiger charge is 2.22. The molecule has 38 heavy (non-hydrogen) atoms. The van der Waals surface area contributed by atoms with Crippen LogP contribution in [-0.2, 0) is 9.53 Å². The minimum absolute atomic E-state index is 0.0803. The number of hydrogen-bond donors (Lipinski definition) is 2. The number of urea groups is 1. The van der Waals surface area contributed by atoms with Crippen LogP contribution >= 0.6 is 0 Å². The van der Waals surface area contributed by atoms with Crippen LogP contribution in [0, 0.1) is 0 Å². The maximum absolute atomic E-state index is 12.3. The Morgan fingerprint density at radius 3 is 2.13 bits per heavy atom. The molecule has 2 aliphatic rings. The fourth-order valence-corrected chi connectivity index (χ4v) is 4.32. The van der Waals surface area contributed by atoms with E-state index in [9.17, 15) is 9.59 Å². The fraction of sp³-hybridized carbons (Fsp3) is 0.400. The summed E-state index contributed by atoms with van der Waals surface area (Å²) in [4.78, 5) is 52.4. The summed E-state index contributed by atoms with van der Waals surface area (Å²) in [5.74, 6) is 1.82. The molecular weight excluding hydrogens is 488 g/mol. The highest BCUT2D eigenvalue weighted by atomic mass is 16.5. The Balaban J connectivity index is 1.36. The smallest absolute Gasteiger partial charge is 0.323 e. The molecule has 5 rings (SSSR count). The first-order valence-corrected chi connectivity index (χ1v) is 12.6. The second kappa shape index (κ2) is 11.8. The van der Waals surface area contributed by atoms with Crippen LogP contribution in [0.4, 0.5) is 28.1 Å². The van der Waals surface area contributed by atoms with E-state index in [1.807, 2.05) is 17.0 Å².